The van der Waals surface area contributed by atoms with Crippen molar-refractivity contribution in [3.63, 3.8) is 0 Å². The summed E-state index contributed by atoms with van der Waals surface area (Å²) in [6, 6.07) is 9.44. The molecule has 10 heteroatoms. The Balaban J connectivity index is 1.71. The minimum absolute atomic E-state index is 0.0661. The van der Waals surface area contributed by atoms with Crippen LogP contribution in [-0.2, 0) is 17.9 Å². The Bertz CT molecular complexity index is 1160. The predicted octanol–water partition coefficient (Wildman–Crippen LogP) is 2.65. The maximum atomic E-state index is 13.3. The highest BCUT2D eigenvalue weighted by Gasteiger charge is 2.34. The van der Waals surface area contributed by atoms with E-state index in [1.54, 1.807) is 40.0 Å². The Morgan fingerprint density at radius 1 is 1.25 bits per heavy atom. The number of carbonyl (C=O) groups is 3. The zero-order valence-electron chi connectivity index (χ0n) is 17.3. The van der Waals surface area contributed by atoms with Crippen molar-refractivity contribution in [1.82, 2.24) is 25.0 Å². The number of rotatable bonds is 5. The number of nitrogens with one attached hydrogen (secondary N) is 2. The number of carbonyl (C=O) groups excluding carboxylic acids is 3. The first-order valence-corrected chi connectivity index (χ1v) is 10.6. The lowest BCUT2D eigenvalue weighted by Gasteiger charge is -2.32. The van der Waals surface area contributed by atoms with E-state index in [2.05, 4.69) is 15.4 Å². The van der Waals surface area contributed by atoms with Crippen molar-refractivity contribution < 1.29 is 18.8 Å². The van der Waals surface area contributed by atoms with Gasteiger partial charge in [0, 0.05) is 29.9 Å². The number of fused-ring (bicyclic) bond motifs is 1. The topological polar surface area (TPSA) is 100 Å². The zero-order valence-corrected chi connectivity index (χ0v) is 18.0. The smallest absolute Gasteiger partial charge is 0.278 e. The van der Waals surface area contributed by atoms with E-state index in [1.807, 2.05) is 6.92 Å². The quantitative estimate of drug-likeness (QED) is 0.575. The molecule has 2 aromatic heterocycles. The monoisotopic (exact) mass is 457 g/mol. The molecule has 0 saturated heterocycles. The fourth-order valence-corrected chi connectivity index (χ4v) is 4.03. The second-order valence-electron chi connectivity index (χ2n) is 7.68. The van der Waals surface area contributed by atoms with Crippen molar-refractivity contribution in [3.8, 4) is 0 Å². The van der Waals surface area contributed by atoms with Crippen LogP contribution in [-0.4, -0.2) is 49.8 Å². The highest BCUT2D eigenvalue weighted by atomic mass is 35.5. The van der Waals surface area contributed by atoms with Crippen molar-refractivity contribution in [2.45, 2.75) is 25.9 Å². The number of hydrogen-bond donors (Lipinski definition) is 2. The molecule has 3 amide bonds. The molecule has 3 heterocycles. The van der Waals surface area contributed by atoms with Gasteiger partial charge < -0.3 is 9.88 Å². The van der Waals surface area contributed by atoms with Crippen molar-refractivity contribution in [2.75, 3.05) is 12.4 Å². The van der Waals surface area contributed by atoms with Crippen LogP contribution < -0.4 is 5.32 Å². The van der Waals surface area contributed by atoms with E-state index < -0.39 is 11.8 Å². The maximum absolute atomic E-state index is 13.3. The van der Waals surface area contributed by atoms with Crippen LogP contribution >= 0.6 is 11.6 Å². The number of hydrogen-bond acceptors (Lipinski definition) is 4. The number of aromatic nitrogens is 3. The number of H-pyrrole nitrogens is 1. The third kappa shape index (κ3) is 4.29. The van der Waals surface area contributed by atoms with Gasteiger partial charge in [-0.1, -0.05) is 19.1 Å². The largest absolute Gasteiger partial charge is 0.357 e. The molecule has 32 heavy (non-hydrogen) atoms. The molecule has 3 aromatic rings. The van der Waals surface area contributed by atoms with Gasteiger partial charge in [-0.2, -0.15) is 5.10 Å². The van der Waals surface area contributed by atoms with Crippen LogP contribution in [0.15, 0.2) is 42.6 Å². The first kappa shape index (κ1) is 21.8. The lowest BCUT2D eigenvalue weighted by Crippen LogP contribution is -2.39. The summed E-state index contributed by atoms with van der Waals surface area (Å²) in [5, 5.41) is 6.70. The van der Waals surface area contributed by atoms with Gasteiger partial charge >= 0.3 is 0 Å². The van der Waals surface area contributed by atoms with Crippen LogP contribution in [0.25, 0.3) is 0 Å². The lowest BCUT2D eigenvalue weighted by molar-refractivity contribution is -0.117. The van der Waals surface area contributed by atoms with Crippen molar-refractivity contribution in [2.24, 2.45) is 0 Å². The molecular formula is C22H21ClFN5O3. The molecule has 0 aliphatic carbocycles. The van der Waals surface area contributed by atoms with E-state index in [0.717, 1.165) is 11.3 Å². The molecule has 0 fully saturated rings. The van der Waals surface area contributed by atoms with E-state index >= 15 is 0 Å². The third-order valence-corrected chi connectivity index (χ3v) is 5.60. The number of alkyl halides is 1. The second-order valence-corrected chi connectivity index (χ2v) is 7.95. The van der Waals surface area contributed by atoms with Crippen LogP contribution in [0.4, 0.5) is 4.39 Å². The molecule has 1 atom stereocenters. The van der Waals surface area contributed by atoms with Crippen LogP contribution in [0, 0.1) is 5.82 Å². The second kappa shape index (κ2) is 8.96. The standard InChI is InChI=1S/C22H21ClFN5O3/c1-13-10-28(22(32)17-3-2-8-25-17)12-16-19(21(31)26-18(30)9-23)27-29(20(13)16)11-14-4-6-15(24)7-5-14/h2-8,13,25H,9-12H2,1H3,(H,26,30,31). The molecule has 8 nitrogen and oxygen atoms in total. The Morgan fingerprint density at radius 2 is 2.00 bits per heavy atom. The van der Waals surface area contributed by atoms with Gasteiger partial charge in [-0.3, -0.25) is 24.4 Å². The molecule has 0 saturated carbocycles. The number of amides is 3. The number of halogens is 2. The van der Waals surface area contributed by atoms with Crippen LogP contribution in [0.5, 0.6) is 0 Å². The van der Waals surface area contributed by atoms with Gasteiger partial charge in [0.15, 0.2) is 5.69 Å². The highest BCUT2D eigenvalue weighted by Crippen LogP contribution is 2.32. The van der Waals surface area contributed by atoms with Gasteiger partial charge in [0.05, 0.1) is 13.1 Å². The lowest BCUT2D eigenvalue weighted by atomic mass is 9.95. The Kier molecular flexibility index (Phi) is 6.09. The van der Waals surface area contributed by atoms with Gasteiger partial charge in [0.25, 0.3) is 11.8 Å². The van der Waals surface area contributed by atoms with Crippen LogP contribution in [0.1, 0.15) is 50.6 Å². The van der Waals surface area contributed by atoms with Gasteiger partial charge in [-0.05, 0) is 29.8 Å². The van der Waals surface area contributed by atoms with E-state index in [1.165, 1.54) is 12.1 Å². The van der Waals surface area contributed by atoms with E-state index in [4.69, 9.17) is 11.6 Å². The van der Waals surface area contributed by atoms with Crippen LogP contribution in [0.3, 0.4) is 0 Å². The summed E-state index contributed by atoms with van der Waals surface area (Å²) in [5.74, 6) is -2.34. The molecule has 0 radical (unpaired) electrons. The van der Waals surface area contributed by atoms with Crippen molar-refractivity contribution in [1.29, 1.82) is 0 Å². The average Bonchev–Trinajstić information content (AvgIpc) is 3.43. The molecule has 2 N–H and O–H groups in total. The van der Waals surface area contributed by atoms with Crippen molar-refractivity contribution in [3.05, 3.63) is 76.6 Å². The fourth-order valence-electron chi connectivity index (χ4n) is 3.97. The molecule has 1 aliphatic heterocycles. The van der Waals surface area contributed by atoms with Gasteiger partial charge in [0.1, 0.15) is 17.4 Å². The SMILES string of the molecule is CC1CN(C(=O)c2ccc[nH]2)Cc2c(C(=O)NC(=O)CCl)nn(Cc3ccc(F)cc3)c21. The Morgan fingerprint density at radius 3 is 2.66 bits per heavy atom. The number of benzene rings is 1. The zero-order chi connectivity index (χ0) is 22.8. The summed E-state index contributed by atoms with van der Waals surface area (Å²) >= 11 is 5.52. The number of imide groups is 1. The molecule has 0 spiro atoms. The van der Waals surface area contributed by atoms with Crippen LogP contribution in [0.2, 0.25) is 0 Å². The number of aromatic amines is 1. The Labute approximate surface area is 188 Å². The van der Waals surface area contributed by atoms with E-state index in [9.17, 15) is 18.8 Å². The molecule has 1 unspecified atom stereocenters. The molecule has 4 rings (SSSR count). The maximum Gasteiger partial charge on any atom is 0.278 e. The predicted molar refractivity (Wildman–Crippen MR) is 115 cm³/mol. The summed E-state index contributed by atoms with van der Waals surface area (Å²) in [6.07, 6.45) is 1.67. The molecule has 0 bridgehead atoms. The molecule has 166 valence electrons. The summed E-state index contributed by atoms with van der Waals surface area (Å²) in [5.41, 5.74) is 2.69. The van der Waals surface area contributed by atoms with Gasteiger partial charge in [0.2, 0.25) is 5.91 Å². The minimum atomic E-state index is -0.675. The number of nitrogens with zero attached hydrogens (tertiary/aromatic N) is 3. The molecular weight excluding hydrogens is 437 g/mol. The minimum Gasteiger partial charge on any atom is -0.357 e. The van der Waals surface area contributed by atoms with E-state index in [0.29, 0.717) is 24.3 Å². The first-order chi connectivity index (χ1) is 15.4. The fraction of sp³-hybridized carbons (Fsp3) is 0.273. The Hall–Kier alpha value is -3.46. The van der Waals surface area contributed by atoms with Crippen molar-refractivity contribution >= 4 is 29.3 Å². The van der Waals surface area contributed by atoms with Gasteiger partial charge in [-0.25, -0.2) is 4.39 Å². The summed E-state index contributed by atoms with van der Waals surface area (Å²) in [4.78, 5) is 41.9. The molecule has 1 aromatic carbocycles. The summed E-state index contributed by atoms with van der Waals surface area (Å²) < 4.78 is 15.0. The summed E-state index contributed by atoms with van der Waals surface area (Å²) in [7, 11) is 0. The summed E-state index contributed by atoms with van der Waals surface area (Å²) in [6.45, 7) is 2.86. The normalized spacial score (nSPS) is 15.3. The first-order valence-electron chi connectivity index (χ1n) is 10.0. The van der Waals surface area contributed by atoms with Gasteiger partial charge in [-0.15, -0.1) is 11.6 Å². The third-order valence-electron chi connectivity index (χ3n) is 5.35. The highest BCUT2D eigenvalue weighted by molar-refractivity contribution is 6.28. The molecule has 1 aliphatic rings. The average molecular weight is 458 g/mol. The van der Waals surface area contributed by atoms with E-state index in [-0.39, 0.29) is 35.8 Å².